The summed E-state index contributed by atoms with van der Waals surface area (Å²) in [5.41, 5.74) is 1.73. The van der Waals surface area contributed by atoms with E-state index >= 15 is 0 Å². The van der Waals surface area contributed by atoms with Gasteiger partial charge in [-0.05, 0) is 12.5 Å². The molecule has 4 N–H and O–H groups in total. The lowest BCUT2D eigenvalue weighted by Crippen LogP contribution is -2.33. The number of aromatic nitrogens is 2. The van der Waals surface area contributed by atoms with Gasteiger partial charge in [0.25, 0.3) is 11.5 Å². The van der Waals surface area contributed by atoms with Crippen LogP contribution in [-0.2, 0) is 13.0 Å². The number of furan rings is 1. The second-order valence-electron chi connectivity index (χ2n) is 4.13. The number of aryl methyl sites for hydroxylation is 1. The van der Waals surface area contributed by atoms with Crippen LogP contribution in [0.4, 0.5) is 0 Å². The lowest BCUT2D eigenvalue weighted by Gasteiger charge is -2.06. The second-order valence-corrected chi connectivity index (χ2v) is 4.13. The van der Waals surface area contributed by atoms with Crippen molar-refractivity contribution in [1.29, 1.82) is 0 Å². The predicted octanol–water partition coefficient (Wildman–Crippen LogP) is -0.656. The molecule has 2 rings (SSSR count). The van der Waals surface area contributed by atoms with Gasteiger partial charge in [-0.3, -0.25) is 24.6 Å². The Labute approximate surface area is 113 Å². The van der Waals surface area contributed by atoms with E-state index in [1.54, 1.807) is 6.92 Å². The molecule has 0 aliphatic carbocycles. The van der Waals surface area contributed by atoms with Crippen LogP contribution in [0.5, 0.6) is 0 Å². The Balaban J connectivity index is 2.41. The third-order valence-corrected chi connectivity index (χ3v) is 2.90. The monoisotopic (exact) mass is 278 g/mol. The number of aromatic amines is 1. The first kappa shape index (κ1) is 13.8. The van der Waals surface area contributed by atoms with Crippen molar-refractivity contribution in [3.05, 3.63) is 56.3 Å². The number of amides is 1. The van der Waals surface area contributed by atoms with E-state index in [9.17, 15) is 14.4 Å². The molecule has 0 saturated carbocycles. The minimum absolute atomic E-state index is 0.0262. The number of nitrogen functional groups attached to an aromatic ring is 1. The average Bonchev–Trinajstić information content (AvgIpc) is 2.89. The van der Waals surface area contributed by atoms with Crippen molar-refractivity contribution in [3.63, 3.8) is 0 Å². The van der Waals surface area contributed by atoms with Gasteiger partial charge in [-0.2, -0.15) is 0 Å². The molecule has 2 heterocycles. The molecule has 2 aromatic rings. The molecule has 1 amide bonds. The highest BCUT2D eigenvalue weighted by Gasteiger charge is 2.15. The molecule has 0 radical (unpaired) electrons. The second kappa shape index (κ2) is 5.57. The molecule has 106 valence electrons. The summed E-state index contributed by atoms with van der Waals surface area (Å²) in [5.74, 6) is 4.83. The van der Waals surface area contributed by atoms with E-state index in [0.29, 0.717) is 12.0 Å². The van der Waals surface area contributed by atoms with Crippen LogP contribution in [0.25, 0.3) is 0 Å². The lowest BCUT2D eigenvalue weighted by atomic mass is 10.2. The number of hydrazine groups is 1. The SMILES string of the molecule is CCc1cn(Cc2occc2C(=O)NN)c(=O)[nH]c1=O. The van der Waals surface area contributed by atoms with E-state index < -0.39 is 17.2 Å². The van der Waals surface area contributed by atoms with E-state index in [0.717, 1.165) is 0 Å². The van der Waals surface area contributed by atoms with E-state index in [1.165, 1.54) is 23.1 Å². The van der Waals surface area contributed by atoms with Crippen molar-refractivity contribution in [2.24, 2.45) is 5.84 Å². The number of rotatable bonds is 4. The van der Waals surface area contributed by atoms with Crippen molar-refractivity contribution >= 4 is 5.91 Å². The minimum atomic E-state index is -0.567. The minimum Gasteiger partial charge on any atom is -0.467 e. The first-order valence-electron chi connectivity index (χ1n) is 5.96. The van der Waals surface area contributed by atoms with Gasteiger partial charge in [-0.15, -0.1) is 0 Å². The molecule has 0 atom stereocenters. The van der Waals surface area contributed by atoms with Crippen LogP contribution in [0, 0.1) is 0 Å². The Bertz CT molecular complexity index is 740. The largest absolute Gasteiger partial charge is 0.467 e. The molecule has 2 aromatic heterocycles. The van der Waals surface area contributed by atoms with Crippen molar-refractivity contribution < 1.29 is 9.21 Å². The fraction of sp³-hybridized carbons (Fsp3) is 0.250. The summed E-state index contributed by atoms with van der Waals surface area (Å²) in [6.45, 7) is 1.83. The number of nitrogens with two attached hydrogens (primary N) is 1. The molecular formula is C12H14N4O4. The van der Waals surface area contributed by atoms with Crippen LogP contribution in [0.3, 0.4) is 0 Å². The zero-order valence-electron chi connectivity index (χ0n) is 10.8. The molecule has 0 saturated heterocycles. The maximum Gasteiger partial charge on any atom is 0.328 e. The van der Waals surface area contributed by atoms with Crippen LogP contribution in [-0.4, -0.2) is 15.5 Å². The van der Waals surface area contributed by atoms with Crippen molar-refractivity contribution in [1.82, 2.24) is 15.0 Å². The molecule has 0 unspecified atom stereocenters. The highest BCUT2D eigenvalue weighted by Crippen LogP contribution is 2.11. The van der Waals surface area contributed by atoms with Gasteiger partial charge in [0.1, 0.15) is 5.76 Å². The summed E-state index contributed by atoms with van der Waals surface area (Å²) in [6, 6.07) is 1.45. The molecule has 0 bridgehead atoms. The molecule has 20 heavy (non-hydrogen) atoms. The molecule has 8 heteroatoms. The molecule has 0 aliphatic heterocycles. The van der Waals surface area contributed by atoms with Crippen molar-refractivity contribution in [2.75, 3.05) is 0 Å². The Kier molecular flexibility index (Phi) is 3.85. The molecule has 0 aliphatic rings. The summed E-state index contributed by atoms with van der Waals surface area (Å²) in [6.07, 6.45) is 3.27. The van der Waals surface area contributed by atoms with Gasteiger partial charge in [0.05, 0.1) is 18.4 Å². The topological polar surface area (TPSA) is 123 Å². The normalized spacial score (nSPS) is 10.5. The van der Waals surface area contributed by atoms with Gasteiger partial charge in [0.2, 0.25) is 0 Å². The van der Waals surface area contributed by atoms with Crippen molar-refractivity contribution in [2.45, 2.75) is 19.9 Å². The first-order chi connectivity index (χ1) is 9.56. The van der Waals surface area contributed by atoms with Gasteiger partial charge < -0.3 is 4.42 Å². The zero-order chi connectivity index (χ0) is 14.7. The number of nitrogens with one attached hydrogen (secondary N) is 2. The Morgan fingerprint density at radius 2 is 2.25 bits per heavy atom. The molecule has 0 aromatic carbocycles. The van der Waals surface area contributed by atoms with Crippen LogP contribution >= 0.6 is 0 Å². The number of H-pyrrole nitrogens is 1. The van der Waals surface area contributed by atoms with Crippen LogP contribution in [0.15, 0.2) is 32.5 Å². The lowest BCUT2D eigenvalue weighted by molar-refractivity contribution is 0.0951. The summed E-state index contributed by atoms with van der Waals surface area (Å²) in [4.78, 5) is 36.9. The molecule has 8 nitrogen and oxygen atoms in total. The maximum atomic E-state index is 11.7. The standard InChI is InChI=1S/C12H14N4O4/c1-2-7-5-16(12(19)14-10(7)17)6-9-8(3-4-20-9)11(18)15-13/h3-5H,2,6,13H2,1H3,(H,15,18)(H,14,17,19). The number of carbonyl (C=O) groups is 1. The summed E-state index contributed by atoms with van der Waals surface area (Å²) in [7, 11) is 0. The summed E-state index contributed by atoms with van der Waals surface area (Å²) in [5, 5.41) is 0. The highest BCUT2D eigenvalue weighted by atomic mass is 16.3. The van der Waals surface area contributed by atoms with Crippen LogP contribution in [0.1, 0.15) is 28.6 Å². The van der Waals surface area contributed by atoms with Gasteiger partial charge in [0.15, 0.2) is 0 Å². The quantitative estimate of drug-likeness (QED) is 0.389. The van der Waals surface area contributed by atoms with Crippen molar-refractivity contribution in [3.8, 4) is 0 Å². The van der Waals surface area contributed by atoms with E-state index in [2.05, 4.69) is 4.98 Å². The van der Waals surface area contributed by atoms with E-state index in [-0.39, 0.29) is 17.9 Å². The Morgan fingerprint density at radius 3 is 2.90 bits per heavy atom. The number of hydrogen-bond acceptors (Lipinski definition) is 5. The zero-order valence-corrected chi connectivity index (χ0v) is 10.8. The predicted molar refractivity (Wildman–Crippen MR) is 70.2 cm³/mol. The average molecular weight is 278 g/mol. The summed E-state index contributed by atoms with van der Waals surface area (Å²) < 4.78 is 6.45. The molecule has 0 spiro atoms. The number of hydrogen-bond donors (Lipinski definition) is 3. The Morgan fingerprint density at radius 1 is 1.50 bits per heavy atom. The smallest absolute Gasteiger partial charge is 0.328 e. The van der Waals surface area contributed by atoms with Gasteiger partial charge in [-0.25, -0.2) is 10.6 Å². The molecule has 0 fully saturated rings. The van der Waals surface area contributed by atoms with Gasteiger partial charge in [0, 0.05) is 11.8 Å². The van der Waals surface area contributed by atoms with E-state index in [4.69, 9.17) is 10.3 Å². The third kappa shape index (κ3) is 2.54. The van der Waals surface area contributed by atoms with Gasteiger partial charge in [-0.1, -0.05) is 6.92 Å². The fourth-order valence-corrected chi connectivity index (χ4v) is 1.82. The number of carbonyl (C=O) groups excluding carboxylic acids is 1. The fourth-order valence-electron chi connectivity index (χ4n) is 1.82. The first-order valence-corrected chi connectivity index (χ1v) is 5.96. The van der Waals surface area contributed by atoms with E-state index in [1.807, 2.05) is 5.43 Å². The summed E-state index contributed by atoms with van der Waals surface area (Å²) >= 11 is 0. The number of nitrogens with zero attached hydrogens (tertiary/aromatic N) is 1. The Hall–Kier alpha value is -2.61. The van der Waals surface area contributed by atoms with Crippen LogP contribution in [0.2, 0.25) is 0 Å². The maximum absolute atomic E-state index is 11.7. The molecular weight excluding hydrogens is 264 g/mol. The van der Waals surface area contributed by atoms with Crippen LogP contribution < -0.4 is 22.5 Å². The highest BCUT2D eigenvalue weighted by molar-refractivity contribution is 5.94. The van der Waals surface area contributed by atoms with Gasteiger partial charge >= 0.3 is 5.69 Å². The third-order valence-electron chi connectivity index (χ3n) is 2.90.